The van der Waals surface area contributed by atoms with Crippen molar-refractivity contribution in [2.45, 2.75) is 0 Å². The van der Waals surface area contributed by atoms with Crippen molar-refractivity contribution in [2.24, 2.45) is 0 Å². The first-order valence-electron chi connectivity index (χ1n) is 35.1. The Bertz CT molecular complexity index is 6250. The van der Waals surface area contributed by atoms with Crippen molar-refractivity contribution in [1.82, 2.24) is 44.9 Å². The highest BCUT2D eigenvalue weighted by Crippen LogP contribution is 2.43. The number of benzene rings is 15. The van der Waals surface area contributed by atoms with Crippen molar-refractivity contribution in [1.29, 1.82) is 5.26 Å². The second-order valence-electron chi connectivity index (χ2n) is 25.9. The van der Waals surface area contributed by atoms with Gasteiger partial charge in [0.25, 0.3) is 0 Å². The van der Waals surface area contributed by atoms with Crippen molar-refractivity contribution < 1.29 is 0 Å². The summed E-state index contributed by atoms with van der Waals surface area (Å²) in [5.41, 5.74) is 20.5. The summed E-state index contributed by atoms with van der Waals surface area (Å²) in [4.78, 5) is 45.8. The average molecular weight is 1350 g/mol. The summed E-state index contributed by atoms with van der Waals surface area (Å²) in [5.74, 6) is 5.24. The van der Waals surface area contributed by atoms with Gasteiger partial charge in [0.05, 0.1) is 11.6 Å². The van der Waals surface area contributed by atoms with Crippen LogP contribution in [0.4, 0.5) is 0 Å². The van der Waals surface area contributed by atoms with Gasteiger partial charge in [-0.05, 0) is 107 Å². The third kappa shape index (κ3) is 12.6. The Hall–Kier alpha value is -14.7. The fourth-order valence-corrected chi connectivity index (χ4v) is 14.1. The molecule has 0 amide bonds. The minimum Gasteiger partial charge on any atom is -0.208 e. The van der Waals surface area contributed by atoms with Gasteiger partial charge >= 0.3 is 0 Å². The highest BCUT2D eigenvalue weighted by Gasteiger charge is 2.22. The number of nitrogens with zero attached hydrogens (tertiary/aromatic N) is 10. The lowest BCUT2D eigenvalue weighted by Crippen LogP contribution is -2.01. The zero-order valence-electron chi connectivity index (χ0n) is 57.1. The number of nitriles is 1. The van der Waals surface area contributed by atoms with Crippen LogP contribution in [0.1, 0.15) is 5.56 Å². The molecule has 0 bridgehead atoms. The second-order valence-corrected chi connectivity index (χ2v) is 25.9. The lowest BCUT2D eigenvalue weighted by molar-refractivity contribution is 1.07. The third-order valence-electron chi connectivity index (χ3n) is 19.3. The number of rotatable bonds is 15. The maximum atomic E-state index is 10.9. The van der Waals surface area contributed by atoms with Gasteiger partial charge < -0.3 is 0 Å². The zero-order chi connectivity index (χ0) is 70.7. The Kier molecular flexibility index (Phi) is 16.8. The monoisotopic (exact) mass is 1350 g/mol. The van der Waals surface area contributed by atoms with E-state index < -0.39 is 0 Å². The lowest BCUT2D eigenvalue weighted by atomic mass is 9.89. The summed E-state index contributed by atoms with van der Waals surface area (Å²) in [7, 11) is 0. The molecule has 10 nitrogen and oxygen atoms in total. The van der Waals surface area contributed by atoms with E-state index in [-0.39, 0.29) is 0 Å². The molecule has 106 heavy (non-hydrogen) atoms. The van der Waals surface area contributed by atoms with E-state index in [4.69, 9.17) is 44.9 Å². The molecule has 0 aliphatic carbocycles. The minimum absolute atomic E-state index is 0.517. The van der Waals surface area contributed by atoms with Gasteiger partial charge in [0, 0.05) is 55.6 Å². The molecule has 494 valence electrons. The summed E-state index contributed by atoms with van der Waals surface area (Å²) in [6.07, 6.45) is 0. The molecular weight excluding hydrogens is 1290 g/mol. The summed E-state index contributed by atoms with van der Waals surface area (Å²) >= 11 is 0. The molecule has 0 N–H and O–H groups in total. The molecule has 18 rings (SSSR count). The van der Waals surface area contributed by atoms with E-state index in [1.807, 2.05) is 176 Å². The van der Waals surface area contributed by atoms with E-state index in [0.717, 1.165) is 138 Å². The second kappa shape index (κ2) is 28.0. The average Bonchev–Trinajstić information content (AvgIpc) is 0.771. The van der Waals surface area contributed by atoms with Crippen LogP contribution in [0.3, 0.4) is 0 Å². The molecule has 0 atom stereocenters. The van der Waals surface area contributed by atoms with Crippen LogP contribution in [0.2, 0.25) is 0 Å². The largest absolute Gasteiger partial charge is 0.208 e. The Labute approximate surface area is 612 Å². The van der Waals surface area contributed by atoms with Crippen LogP contribution in [-0.2, 0) is 0 Å². The number of hydrogen-bond acceptors (Lipinski definition) is 10. The normalized spacial score (nSPS) is 11.2. The van der Waals surface area contributed by atoms with E-state index in [1.165, 1.54) is 0 Å². The number of hydrogen-bond donors (Lipinski definition) is 0. The molecule has 0 saturated heterocycles. The maximum Gasteiger partial charge on any atom is 0.164 e. The molecule has 10 heteroatoms. The Morgan fingerprint density at radius 2 is 0.472 bits per heavy atom. The molecule has 15 aromatic carbocycles. The van der Waals surface area contributed by atoms with Crippen molar-refractivity contribution >= 4 is 21.5 Å². The molecule has 0 radical (unpaired) electrons. The molecule has 18 aromatic rings. The summed E-state index contributed by atoms with van der Waals surface area (Å²) in [6, 6.07) is 127. The molecule has 0 fully saturated rings. The van der Waals surface area contributed by atoms with Gasteiger partial charge in [0.15, 0.2) is 52.4 Å². The highest BCUT2D eigenvalue weighted by molar-refractivity contribution is 6.07. The zero-order valence-corrected chi connectivity index (χ0v) is 57.1. The van der Waals surface area contributed by atoms with E-state index in [1.54, 1.807) is 0 Å². The van der Waals surface area contributed by atoms with Gasteiger partial charge in [0.2, 0.25) is 0 Å². The first-order chi connectivity index (χ1) is 52.5. The van der Waals surface area contributed by atoms with Crippen molar-refractivity contribution in [3.8, 4) is 175 Å². The van der Waals surface area contributed by atoms with Gasteiger partial charge in [-0.2, -0.15) is 5.26 Å². The standard InChI is InChI=1S/C96H60N10/c97-61-77-53-52-75(60-86(77)74-37-22-35-72(58-74)79-56-57-80(84-42-20-19-41-83(79)84)73-36-23-38-76(59-73)95-103-90(67-29-10-3-11-30-67)99-91(104-95)68-31-12-4-13-32-68)78-39-18-21-43-85(78)96-105-92(69-33-14-5-15-34-69)102-94(106-96)71-50-46-64(47-51-71)87-81-40-17-16-24-62(81)54-55-82(87)63-44-48-70(49-45-63)93-100-88(65-25-6-1-7-26-65)98-89(101-93)66-27-8-2-9-28-66/h1-60H. The fraction of sp³-hybridized carbons (Fsp3) is 0. The molecular formula is C96H60N10. The topological polar surface area (TPSA) is 140 Å². The van der Waals surface area contributed by atoms with Crippen LogP contribution < -0.4 is 0 Å². The number of aromatic nitrogens is 9. The first kappa shape index (κ1) is 63.5. The highest BCUT2D eigenvalue weighted by atomic mass is 15.1. The maximum absolute atomic E-state index is 10.9. The fourth-order valence-electron chi connectivity index (χ4n) is 14.1. The molecule has 0 saturated carbocycles. The van der Waals surface area contributed by atoms with Crippen LogP contribution in [0.25, 0.3) is 191 Å². The van der Waals surface area contributed by atoms with Crippen LogP contribution in [-0.4, -0.2) is 44.9 Å². The van der Waals surface area contributed by atoms with Gasteiger partial charge in [-0.1, -0.05) is 340 Å². The van der Waals surface area contributed by atoms with Gasteiger partial charge in [-0.15, -0.1) is 0 Å². The third-order valence-corrected chi connectivity index (χ3v) is 19.3. The van der Waals surface area contributed by atoms with E-state index in [9.17, 15) is 5.26 Å². The van der Waals surface area contributed by atoms with Crippen molar-refractivity contribution in [3.05, 3.63) is 370 Å². The van der Waals surface area contributed by atoms with Crippen molar-refractivity contribution in [2.75, 3.05) is 0 Å². The Morgan fingerprint density at radius 1 is 0.170 bits per heavy atom. The Balaban J connectivity index is 0.670. The summed E-state index contributed by atoms with van der Waals surface area (Å²) < 4.78 is 0. The smallest absolute Gasteiger partial charge is 0.164 e. The van der Waals surface area contributed by atoms with E-state index in [2.05, 4.69) is 194 Å². The van der Waals surface area contributed by atoms with Crippen LogP contribution in [0, 0.1) is 11.3 Å². The quantitative estimate of drug-likeness (QED) is 0.0974. The molecule has 0 spiro atoms. The van der Waals surface area contributed by atoms with Crippen LogP contribution in [0.15, 0.2) is 364 Å². The van der Waals surface area contributed by atoms with Gasteiger partial charge in [-0.25, -0.2) is 44.9 Å². The van der Waals surface area contributed by atoms with E-state index in [0.29, 0.717) is 58.0 Å². The Morgan fingerprint density at radius 3 is 0.925 bits per heavy atom. The molecule has 3 aromatic heterocycles. The molecule has 0 unspecified atom stereocenters. The van der Waals surface area contributed by atoms with Gasteiger partial charge in [0.1, 0.15) is 0 Å². The minimum atomic E-state index is 0.517. The SMILES string of the molecule is N#Cc1ccc(-c2ccccc2-c2nc(-c3ccccc3)nc(-c3ccc(-c4c(-c5ccc(-c6nc(-c7ccccc7)nc(-c7ccccc7)n6)cc5)ccc5ccccc45)cc3)n2)cc1-c1cccc(-c2ccc(-c3cccc(-c4nc(-c5ccccc5)nc(-c5ccccc5)n4)c3)c3ccccc23)c1. The van der Waals surface area contributed by atoms with Gasteiger partial charge in [-0.3, -0.25) is 0 Å². The van der Waals surface area contributed by atoms with Crippen LogP contribution in [0.5, 0.6) is 0 Å². The predicted octanol–water partition coefficient (Wildman–Crippen LogP) is 23.4. The summed E-state index contributed by atoms with van der Waals surface area (Å²) in [5, 5.41) is 15.3. The predicted molar refractivity (Wildman–Crippen MR) is 428 cm³/mol. The van der Waals surface area contributed by atoms with Crippen LogP contribution >= 0.6 is 0 Å². The number of fused-ring (bicyclic) bond motifs is 2. The molecule has 3 heterocycles. The summed E-state index contributed by atoms with van der Waals surface area (Å²) in [6.45, 7) is 0. The van der Waals surface area contributed by atoms with E-state index >= 15 is 0 Å². The molecule has 0 aliphatic rings. The van der Waals surface area contributed by atoms with Crippen molar-refractivity contribution in [3.63, 3.8) is 0 Å². The first-order valence-corrected chi connectivity index (χ1v) is 35.1. The lowest BCUT2D eigenvalue weighted by Gasteiger charge is -2.16. The molecule has 0 aliphatic heterocycles.